The highest BCUT2D eigenvalue weighted by Crippen LogP contribution is 2.33. The minimum atomic E-state index is -0.691. The second-order valence-electron chi connectivity index (χ2n) is 5.23. The first kappa shape index (κ1) is 21.7. The number of carbonyl (C=O) groups is 3. The maximum absolute atomic E-state index is 12.5. The summed E-state index contributed by atoms with van der Waals surface area (Å²) >= 11 is 2.19. The van der Waals surface area contributed by atoms with E-state index >= 15 is 0 Å². The number of thiophene rings is 1. The van der Waals surface area contributed by atoms with E-state index in [9.17, 15) is 14.4 Å². The van der Waals surface area contributed by atoms with Crippen molar-refractivity contribution in [3.63, 3.8) is 0 Å². The molecule has 2 rings (SSSR count). The van der Waals surface area contributed by atoms with Gasteiger partial charge in [-0.1, -0.05) is 0 Å². The van der Waals surface area contributed by atoms with Crippen molar-refractivity contribution in [1.82, 2.24) is 4.98 Å². The molecule has 0 unspecified atom stereocenters. The molecule has 0 amide bonds. The molecule has 0 saturated carbocycles. The highest BCUT2D eigenvalue weighted by molar-refractivity contribution is 7.98. The van der Waals surface area contributed by atoms with Gasteiger partial charge in [0.05, 0.1) is 18.8 Å². The molecule has 0 aliphatic heterocycles. The lowest BCUT2D eigenvalue weighted by atomic mass is 10.1. The molecule has 0 saturated heterocycles. The summed E-state index contributed by atoms with van der Waals surface area (Å²) in [6.45, 7) is 3.26. The summed E-state index contributed by atoms with van der Waals surface area (Å²) in [6, 6.07) is 3.20. The minimum Gasteiger partial charge on any atom is -0.462 e. The molecule has 0 aliphatic carbocycles. The van der Waals surface area contributed by atoms with Gasteiger partial charge in [-0.2, -0.15) is 0 Å². The number of nitrogens with two attached hydrogens (primary N) is 1. The molecule has 0 radical (unpaired) electrons. The highest BCUT2D eigenvalue weighted by atomic mass is 32.2. The predicted octanol–water partition coefficient (Wildman–Crippen LogP) is 3.16. The van der Waals surface area contributed by atoms with Gasteiger partial charge in [-0.15, -0.1) is 23.1 Å². The molecule has 10 heteroatoms. The minimum absolute atomic E-state index is 0.0129. The van der Waals surface area contributed by atoms with Gasteiger partial charge in [0.1, 0.15) is 27.1 Å². The molecule has 2 N–H and O–H groups in total. The van der Waals surface area contributed by atoms with E-state index in [4.69, 9.17) is 19.9 Å². The van der Waals surface area contributed by atoms with E-state index < -0.39 is 17.9 Å². The van der Waals surface area contributed by atoms with Gasteiger partial charge >= 0.3 is 17.9 Å². The predicted molar refractivity (Wildman–Crippen MR) is 106 cm³/mol. The third kappa shape index (κ3) is 4.82. The fraction of sp³-hybridized carbons (Fsp3) is 0.333. The van der Waals surface area contributed by atoms with Gasteiger partial charge in [-0.3, -0.25) is 0 Å². The molecule has 0 atom stereocenters. The topological polar surface area (TPSA) is 118 Å². The lowest BCUT2D eigenvalue weighted by molar-refractivity contribution is 0.0434. The Hall–Kier alpha value is -2.59. The van der Waals surface area contributed by atoms with Crippen LogP contribution in [-0.2, 0) is 20.8 Å². The summed E-state index contributed by atoms with van der Waals surface area (Å²) in [7, 11) is 0. The summed E-state index contributed by atoms with van der Waals surface area (Å²) in [5, 5.41) is 0.604. The zero-order chi connectivity index (χ0) is 20.7. The zero-order valence-corrected chi connectivity index (χ0v) is 17.3. The molecule has 0 bridgehead atoms. The quantitative estimate of drug-likeness (QED) is 0.387. The summed E-state index contributed by atoms with van der Waals surface area (Å²) in [6.07, 6.45) is 3.36. The molecule has 28 heavy (non-hydrogen) atoms. The summed E-state index contributed by atoms with van der Waals surface area (Å²) in [4.78, 5) is 41.2. The number of thioether (sulfide) groups is 1. The lowest BCUT2D eigenvalue weighted by Crippen LogP contribution is -2.14. The van der Waals surface area contributed by atoms with Crippen molar-refractivity contribution in [3.8, 4) is 0 Å². The van der Waals surface area contributed by atoms with Crippen molar-refractivity contribution < 1.29 is 28.6 Å². The van der Waals surface area contributed by atoms with Crippen LogP contribution in [0, 0.1) is 0 Å². The second kappa shape index (κ2) is 10.1. The van der Waals surface area contributed by atoms with Crippen molar-refractivity contribution in [1.29, 1.82) is 0 Å². The maximum Gasteiger partial charge on any atom is 0.348 e. The third-order valence-corrected chi connectivity index (χ3v) is 5.26. The van der Waals surface area contributed by atoms with Crippen LogP contribution >= 0.6 is 23.1 Å². The molecular formula is C18H20N2O6S2. The molecule has 2 aromatic rings. The SMILES string of the molecule is CCOC(=O)c1sc(N)c(C(=O)OCC)c1COC(=O)c1cccnc1SC. The van der Waals surface area contributed by atoms with Crippen LogP contribution < -0.4 is 5.73 Å². The normalized spacial score (nSPS) is 10.4. The van der Waals surface area contributed by atoms with Gasteiger partial charge < -0.3 is 19.9 Å². The maximum atomic E-state index is 12.5. The van der Waals surface area contributed by atoms with Gasteiger partial charge in [-0.25, -0.2) is 19.4 Å². The Balaban J connectivity index is 2.35. The largest absolute Gasteiger partial charge is 0.462 e. The Labute approximate surface area is 170 Å². The van der Waals surface area contributed by atoms with E-state index in [0.717, 1.165) is 11.3 Å². The van der Waals surface area contributed by atoms with E-state index in [1.165, 1.54) is 11.8 Å². The first-order chi connectivity index (χ1) is 13.4. The molecular weight excluding hydrogens is 404 g/mol. The Morgan fingerprint density at radius 1 is 1.11 bits per heavy atom. The van der Waals surface area contributed by atoms with Crippen molar-refractivity contribution in [2.75, 3.05) is 25.2 Å². The Bertz CT molecular complexity index is 881. The van der Waals surface area contributed by atoms with Gasteiger partial charge in [-0.05, 0) is 32.2 Å². The van der Waals surface area contributed by atoms with Crippen LogP contribution in [0.3, 0.4) is 0 Å². The smallest absolute Gasteiger partial charge is 0.348 e. The van der Waals surface area contributed by atoms with Crippen LogP contribution in [-0.4, -0.2) is 42.4 Å². The number of hydrogen-bond donors (Lipinski definition) is 1. The van der Waals surface area contributed by atoms with Gasteiger partial charge in [0.2, 0.25) is 0 Å². The Morgan fingerprint density at radius 2 is 1.79 bits per heavy atom. The number of aromatic nitrogens is 1. The molecule has 0 spiro atoms. The average molecular weight is 425 g/mol. The van der Waals surface area contributed by atoms with Crippen LogP contribution in [0.5, 0.6) is 0 Å². The lowest BCUT2D eigenvalue weighted by Gasteiger charge is -2.10. The molecule has 8 nitrogen and oxygen atoms in total. The number of carbonyl (C=O) groups excluding carboxylic acids is 3. The fourth-order valence-corrected chi connectivity index (χ4v) is 3.83. The Morgan fingerprint density at radius 3 is 2.43 bits per heavy atom. The van der Waals surface area contributed by atoms with Crippen LogP contribution in [0.4, 0.5) is 5.00 Å². The van der Waals surface area contributed by atoms with E-state index in [-0.39, 0.29) is 46.4 Å². The van der Waals surface area contributed by atoms with E-state index in [1.54, 1.807) is 38.4 Å². The first-order valence-corrected chi connectivity index (χ1v) is 10.4. The number of nitrogens with zero attached hydrogens (tertiary/aromatic N) is 1. The van der Waals surface area contributed by atoms with Gasteiger partial charge in [0.25, 0.3) is 0 Å². The number of ether oxygens (including phenoxy) is 3. The van der Waals surface area contributed by atoms with Gasteiger partial charge in [0.15, 0.2) is 0 Å². The van der Waals surface area contributed by atoms with Crippen LogP contribution in [0.15, 0.2) is 23.4 Å². The van der Waals surface area contributed by atoms with E-state index in [0.29, 0.717) is 5.03 Å². The highest BCUT2D eigenvalue weighted by Gasteiger charge is 2.29. The number of esters is 3. The fourth-order valence-electron chi connectivity index (χ4n) is 2.34. The number of hydrogen-bond acceptors (Lipinski definition) is 10. The van der Waals surface area contributed by atoms with Crippen LogP contribution in [0.2, 0.25) is 0 Å². The van der Waals surface area contributed by atoms with Crippen molar-refractivity contribution in [2.24, 2.45) is 0 Å². The number of rotatable bonds is 8. The molecule has 0 fully saturated rings. The van der Waals surface area contributed by atoms with E-state index in [1.807, 2.05) is 0 Å². The Kier molecular flexibility index (Phi) is 7.82. The molecule has 0 aliphatic rings. The van der Waals surface area contributed by atoms with Crippen molar-refractivity contribution >= 4 is 46.0 Å². The van der Waals surface area contributed by atoms with Crippen molar-refractivity contribution in [2.45, 2.75) is 25.5 Å². The van der Waals surface area contributed by atoms with Gasteiger partial charge in [0, 0.05) is 11.8 Å². The second-order valence-corrected chi connectivity index (χ2v) is 7.07. The number of nitrogen functional groups attached to an aromatic ring is 1. The summed E-state index contributed by atoms with van der Waals surface area (Å²) in [5.41, 5.74) is 6.39. The third-order valence-electron chi connectivity index (χ3n) is 3.51. The van der Waals surface area contributed by atoms with Crippen LogP contribution in [0.25, 0.3) is 0 Å². The standard InChI is InChI=1S/C18H20N2O6S2/c1-4-24-17(22)12-11(13(28-14(12)19)18(23)25-5-2)9-26-16(21)10-7-6-8-20-15(10)27-3/h6-8H,4-5,9,19H2,1-3H3. The summed E-state index contributed by atoms with van der Waals surface area (Å²) in [5.74, 6) is -1.97. The van der Waals surface area contributed by atoms with Crippen LogP contribution in [0.1, 0.15) is 49.8 Å². The van der Waals surface area contributed by atoms with E-state index in [2.05, 4.69) is 4.98 Å². The number of anilines is 1. The molecule has 2 heterocycles. The molecule has 0 aromatic carbocycles. The molecule has 150 valence electrons. The monoisotopic (exact) mass is 424 g/mol. The van der Waals surface area contributed by atoms with Crippen molar-refractivity contribution in [3.05, 3.63) is 39.9 Å². The summed E-state index contributed by atoms with van der Waals surface area (Å²) < 4.78 is 15.4. The zero-order valence-electron chi connectivity index (χ0n) is 15.6. The average Bonchev–Trinajstić information content (AvgIpc) is 3.02. The molecule has 2 aromatic heterocycles. The number of pyridine rings is 1. The first-order valence-electron chi connectivity index (χ1n) is 8.35.